The van der Waals surface area contributed by atoms with E-state index in [0.29, 0.717) is 36.8 Å². The van der Waals surface area contributed by atoms with Crippen molar-refractivity contribution in [3.05, 3.63) is 65.5 Å². The molecule has 5 rings (SSSR count). The number of ether oxygens (including phenoxy) is 1. The van der Waals surface area contributed by atoms with Gasteiger partial charge in [-0.25, -0.2) is 9.97 Å². The van der Waals surface area contributed by atoms with Crippen LogP contribution >= 0.6 is 0 Å². The molecule has 3 aromatic heterocycles. The number of anilines is 3. The minimum absolute atomic E-state index is 0.108. The largest absolute Gasteiger partial charge is 0.493 e. The average molecular weight is 457 g/mol. The molecule has 0 atom stereocenters. The molecule has 172 valence electrons. The average Bonchev–Trinajstić information content (AvgIpc) is 3.38. The van der Waals surface area contributed by atoms with Crippen LogP contribution in [0, 0.1) is 6.92 Å². The molecule has 4 heterocycles. The molecule has 1 aromatic carbocycles. The van der Waals surface area contributed by atoms with E-state index in [0.717, 1.165) is 33.9 Å². The standard InChI is InChI=1S/C24H24N8O2/c1-4-32-22-18(24(33)31(3)19-6-5-10-25-23(19)32)13-16(14-26-22)9-11-34-20-8-7-17(12-15(20)2)21-27-29-30-28-21/h5-8,10,12-14H,4,9,11H2,1-3H3,(H,27,28,29,30). The number of benzene rings is 1. The van der Waals surface area contributed by atoms with Crippen molar-refractivity contribution in [3.8, 4) is 17.1 Å². The van der Waals surface area contributed by atoms with Crippen molar-refractivity contribution in [1.29, 1.82) is 0 Å². The number of carbonyl (C=O) groups is 1. The van der Waals surface area contributed by atoms with Crippen LogP contribution in [0.3, 0.4) is 0 Å². The van der Waals surface area contributed by atoms with E-state index < -0.39 is 0 Å². The number of rotatable bonds is 6. The first-order valence-corrected chi connectivity index (χ1v) is 11.0. The molecular weight excluding hydrogens is 432 g/mol. The minimum atomic E-state index is -0.108. The molecule has 34 heavy (non-hydrogen) atoms. The van der Waals surface area contributed by atoms with Gasteiger partial charge in [-0.1, -0.05) is 0 Å². The third kappa shape index (κ3) is 3.83. The number of tetrazole rings is 1. The quantitative estimate of drug-likeness (QED) is 0.470. The second-order valence-electron chi connectivity index (χ2n) is 7.98. The molecule has 10 heteroatoms. The first kappa shape index (κ1) is 21.5. The van der Waals surface area contributed by atoms with Crippen LogP contribution in [0.1, 0.15) is 28.4 Å². The van der Waals surface area contributed by atoms with Crippen molar-refractivity contribution in [2.24, 2.45) is 0 Å². The lowest BCUT2D eigenvalue weighted by Gasteiger charge is -2.22. The molecule has 0 aliphatic carbocycles. The zero-order valence-electron chi connectivity index (χ0n) is 19.2. The Morgan fingerprint density at radius 1 is 1.12 bits per heavy atom. The van der Waals surface area contributed by atoms with Gasteiger partial charge in [0.05, 0.1) is 17.9 Å². The molecule has 10 nitrogen and oxygen atoms in total. The molecule has 1 N–H and O–H groups in total. The number of aryl methyl sites for hydroxylation is 1. The third-order valence-corrected chi connectivity index (χ3v) is 5.84. The Labute approximate surface area is 196 Å². The van der Waals surface area contributed by atoms with E-state index in [1.165, 1.54) is 0 Å². The molecule has 1 aliphatic rings. The van der Waals surface area contributed by atoms with Crippen LogP contribution in [0.5, 0.6) is 5.75 Å². The summed E-state index contributed by atoms with van der Waals surface area (Å²) in [6.07, 6.45) is 4.14. The predicted molar refractivity (Wildman–Crippen MR) is 127 cm³/mol. The zero-order valence-corrected chi connectivity index (χ0v) is 19.2. The van der Waals surface area contributed by atoms with Gasteiger partial charge >= 0.3 is 0 Å². The van der Waals surface area contributed by atoms with Crippen LogP contribution in [-0.4, -0.2) is 56.7 Å². The minimum Gasteiger partial charge on any atom is -0.493 e. The van der Waals surface area contributed by atoms with Crippen molar-refractivity contribution < 1.29 is 9.53 Å². The number of aromatic amines is 1. The summed E-state index contributed by atoms with van der Waals surface area (Å²) in [6.45, 7) is 5.09. The van der Waals surface area contributed by atoms with Crippen LogP contribution in [0.2, 0.25) is 0 Å². The molecule has 0 saturated heterocycles. The van der Waals surface area contributed by atoms with E-state index >= 15 is 0 Å². The molecule has 1 aliphatic heterocycles. The normalized spacial score (nSPS) is 12.9. The van der Waals surface area contributed by atoms with Gasteiger partial charge in [-0.2, -0.15) is 5.21 Å². The van der Waals surface area contributed by atoms with E-state index in [4.69, 9.17) is 4.74 Å². The molecule has 0 fully saturated rings. The highest BCUT2D eigenvalue weighted by Gasteiger charge is 2.30. The topological polar surface area (TPSA) is 113 Å². The highest BCUT2D eigenvalue weighted by Crippen LogP contribution is 2.37. The molecule has 0 bridgehead atoms. The smallest absolute Gasteiger partial charge is 0.261 e. The van der Waals surface area contributed by atoms with Gasteiger partial charge in [-0.3, -0.25) is 4.79 Å². The lowest BCUT2D eigenvalue weighted by atomic mass is 10.1. The fourth-order valence-electron chi connectivity index (χ4n) is 4.07. The predicted octanol–water partition coefficient (Wildman–Crippen LogP) is 3.33. The zero-order chi connectivity index (χ0) is 23.7. The number of pyridine rings is 2. The number of hydrogen-bond acceptors (Lipinski definition) is 8. The number of nitrogens with one attached hydrogen (secondary N) is 1. The van der Waals surface area contributed by atoms with E-state index in [9.17, 15) is 4.79 Å². The van der Waals surface area contributed by atoms with Crippen LogP contribution in [0.4, 0.5) is 17.3 Å². The number of hydrogen-bond donors (Lipinski definition) is 1. The summed E-state index contributed by atoms with van der Waals surface area (Å²) in [5.74, 6) is 2.56. The highest BCUT2D eigenvalue weighted by atomic mass is 16.5. The van der Waals surface area contributed by atoms with E-state index in [2.05, 4.69) is 30.6 Å². The molecule has 0 spiro atoms. The first-order chi connectivity index (χ1) is 16.6. The number of amides is 1. The summed E-state index contributed by atoms with van der Waals surface area (Å²) in [7, 11) is 1.77. The van der Waals surface area contributed by atoms with E-state index in [1.54, 1.807) is 24.3 Å². The summed E-state index contributed by atoms with van der Waals surface area (Å²) in [5.41, 5.74) is 4.09. The van der Waals surface area contributed by atoms with Crippen molar-refractivity contribution in [3.63, 3.8) is 0 Å². The Morgan fingerprint density at radius 2 is 2.00 bits per heavy atom. The maximum absolute atomic E-state index is 13.3. The third-order valence-electron chi connectivity index (χ3n) is 5.84. The fraction of sp³-hybridized carbons (Fsp3) is 0.250. The van der Waals surface area contributed by atoms with Gasteiger partial charge < -0.3 is 14.5 Å². The number of carbonyl (C=O) groups excluding carboxylic acids is 1. The number of nitrogens with zero attached hydrogens (tertiary/aromatic N) is 7. The van der Waals surface area contributed by atoms with Crippen molar-refractivity contribution >= 4 is 23.2 Å². The van der Waals surface area contributed by atoms with E-state index in [-0.39, 0.29) is 5.91 Å². The van der Waals surface area contributed by atoms with Gasteiger partial charge in [0.25, 0.3) is 5.91 Å². The maximum atomic E-state index is 13.3. The fourth-order valence-corrected chi connectivity index (χ4v) is 4.07. The van der Waals surface area contributed by atoms with Gasteiger partial charge in [-0.05, 0) is 66.6 Å². The highest BCUT2D eigenvalue weighted by molar-refractivity contribution is 6.12. The summed E-state index contributed by atoms with van der Waals surface area (Å²) in [5, 5.41) is 14.1. The van der Waals surface area contributed by atoms with Gasteiger partial charge in [0, 0.05) is 38.0 Å². The van der Waals surface area contributed by atoms with Crippen LogP contribution in [0.25, 0.3) is 11.4 Å². The molecule has 0 unspecified atom stereocenters. The molecular formula is C24H24N8O2. The molecule has 0 saturated carbocycles. The second-order valence-corrected chi connectivity index (χ2v) is 7.98. The van der Waals surface area contributed by atoms with Crippen molar-refractivity contribution in [2.45, 2.75) is 20.3 Å². The van der Waals surface area contributed by atoms with Gasteiger partial charge in [-0.15, -0.1) is 10.2 Å². The van der Waals surface area contributed by atoms with E-state index in [1.807, 2.05) is 55.1 Å². The number of fused-ring (bicyclic) bond motifs is 2. The van der Waals surface area contributed by atoms with Gasteiger partial charge in [0.15, 0.2) is 5.82 Å². The Kier molecular flexibility index (Phi) is 5.62. The summed E-state index contributed by atoms with van der Waals surface area (Å²) in [6, 6.07) is 11.4. The number of aromatic nitrogens is 6. The maximum Gasteiger partial charge on any atom is 0.261 e. The Bertz CT molecular complexity index is 1340. The molecule has 0 radical (unpaired) electrons. The molecule has 1 amide bonds. The summed E-state index contributed by atoms with van der Waals surface area (Å²) < 4.78 is 6.01. The summed E-state index contributed by atoms with van der Waals surface area (Å²) >= 11 is 0. The first-order valence-electron chi connectivity index (χ1n) is 11.0. The Morgan fingerprint density at radius 3 is 2.76 bits per heavy atom. The van der Waals surface area contributed by atoms with Gasteiger partial charge in [0.1, 0.15) is 11.6 Å². The molecule has 4 aromatic rings. The Hall–Kier alpha value is -4.34. The number of H-pyrrole nitrogens is 1. The van der Waals surface area contributed by atoms with Gasteiger partial charge in [0.2, 0.25) is 5.82 Å². The van der Waals surface area contributed by atoms with Crippen molar-refractivity contribution in [2.75, 3.05) is 30.0 Å². The lowest BCUT2D eigenvalue weighted by Crippen LogP contribution is -2.25. The Balaban J connectivity index is 1.34. The van der Waals surface area contributed by atoms with Crippen LogP contribution in [0.15, 0.2) is 48.8 Å². The van der Waals surface area contributed by atoms with Crippen molar-refractivity contribution in [1.82, 2.24) is 30.6 Å². The monoisotopic (exact) mass is 456 g/mol. The summed E-state index contributed by atoms with van der Waals surface area (Å²) in [4.78, 5) is 26.0. The lowest BCUT2D eigenvalue weighted by molar-refractivity contribution is 0.0994. The SMILES string of the molecule is CCN1c2ncc(CCOc3ccc(-c4nn[nH]n4)cc3C)cc2C(=O)N(C)c2cccnc21. The van der Waals surface area contributed by atoms with Crippen LogP contribution in [-0.2, 0) is 6.42 Å². The second kappa shape index (κ2) is 8.89. The van der Waals surface area contributed by atoms with Crippen LogP contribution < -0.4 is 14.5 Å².